The zero-order valence-electron chi connectivity index (χ0n) is 13.2. The molecule has 23 heavy (non-hydrogen) atoms. The molecule has 8 heteroatoms. The molecule has 2 aromatic rings. The average molecular weight is 318 g/mol. The summed E-state index contributed by atoms with van der Waals surface area (Å²) in [5.74, 6) is 1.08. The first-order valence-electron chi connectivity index (χ1n) is 7.24. The summed E-state index contributed by atoms with van der Waals surface area (Å²) >= 11 is 0. The number of hydrogen-bond acceptors (Lipinski definition) is 7. The monoisotopic (exact) mass is 318 g/mol. The second-order valence-corrected chi connectivity index (χ2v) is 5.42. The van der Waals surface area contributed by atoms with Crippen molar-refractivity contribution in [1.82, 2.24) is 10.1 Å². The summed E-state index contributed by atoms with van der Waals surface area (Å²) in [7, 11) is 0. The Morgan fingerprint density at radius 3 is 2.74 bits per heavy atom. The lowest BCUT2D eigenvalue weighted by molar-refractivity contribution is -0.384. The van der Waals surface area contributed by atoms with Gasteiger partial charge in [0.1, 0.15) is 5.69 Å². The predicted molar refractivity (Wildman–Crippen MR) is 83.7 cm³/mol. The third kappa shape index (κ3) is 4.12. The number of carbonyl (C=O) groups excluding carboxylic acids is 1. The Morgan fingerprint density at radius 2 is 2.17 bits per heavy atom. The highest BCUT2D eigenvalue weighted by Crippen LogP contribution is 2.25. The van der Waals surface area contributed by atoms with E-state index in [0.29, 0.717) is 35.9 Å². The normalized spacial score (nSPS) is 10.8. The van der Waals surface area contributed by atoms with Crippen LogP contribution in [-0.2, 0) is 6.42 Å². The van der Waals surface area contributed by atoms with E-state index in [-0.39, 0.29) is 17.4 Å². The molecule has 0 aliphatic rings. The molecule has 1 heterocycles. The third-order valence-corrected chi connectivity index (χ3v) is 3.26. The van der Waals surface area contributed by atoms with Crippen molar-refractivity contribution in [3.8, 4) is 0 Å². The lowest BCUT2D eigenvalue weighted by atomic mass is 10.1. The van der Waals surface area contributed by atoms with E-state index in [2.05, 4.69) is 15.5 Å². The number of nitro groups is 1. The van der Waals surface area contributed by atoms with Crippen LogP contribution in [0.2, 0.25) is 0 Å². The van der Waals surface area contributed by atoms with Crippen molar-refractivity contribution in [2.24, 2.45) is 0 Å². The molecule has 8 nitrogen and oxygen atoms in total. The maximum atomic E-state index is 11.3. The molecule has 1 aromatic carbocycles. The van der Waals surface area contributed by atoms with E-state index in [1.165, 1.54) is 19.1 Å². The first kappa shape index (κ1) is 16.6. The standard InChI is InChI=1S/C15H18N4O4/c1-9(2)15-17-14(23-18-15)6-7-16-12-5-4-11(10(3)20)8-13(12)19(21)22/h4-5,8-9,16H,6-7H2,1-3H3. The summed E-state index contributed by atoms with van der Waals surface area (Å²) in [6, 6.07) is 4.36. The van der Waals surface area contributed by atoms with Gasteiger partial charge in [0.25, 0.3) is 5.69 Å². The number of aromatic nitrogens is 2. The largest absolute Gasteiger partial charge is 0.379 e. The van der Waals surface area contributed by atoms with Gasteiger partial charge in [-0.05, 0) is 19.1 Å². The molecule has 122 valence electrons. The number of rotatable bonds is 7. The van der Waals surface area contributed by atoms with Crippen molar-refractivity contribution in [2.45, 2.75) is 33.1 Å². The van der Waals surface area contributed by atoms with Crippen LogP contribution < -0.4 is 5.32 Å². The van der Waals surface area contributed by atoms with E-state index in [1.54, 1.807) is 6.07 Å². The molecule has 1 N–H and O–H groups in total. The van der Waals surface area contributed by atoms with Gasteiger partial charge < -0.3 is 9.84 Å². The highest BCUT2D eigenvalue weighted by atomic mass is 16.6. The van der Waals surface area contributed by atoms with Crippen LogP contribution in [0.3, 0.4) is 0 Å². The van der Waals surface area contributed by atoms with Crippen LogP contribution in [0.4, 0.5) is 11.4 Å². The van der Waals surface area contributed by atoms with Crippen LogP contribution in [-0.4, -0.2) is 27.4 Å². The van der Waals surface area contributed by atoms with Gasteiger partial charge in [-0.1, -0.05) is 19.0 Å². The second-order valence-electron chi connectivity index (χ2n) is 5.42. The van der Waals surface area contributed by atoms with E-state index >= 15 is 0 Å². The number of nitrogens with one attached hydrogen (secondary N) is 1. The fourth-order valence-electron chi connectivity index (χ4n) is 1.96. The number of hydrogen-bond donors (Lipinski definition) is 1. The molecule has 0 unspecified atom stereocenters. The summed E-state index contributed by atoms with van der Waals surface area (Å²) in [5, 5.41) is 17.9. The van der Waals surface area contributed by atoms with Gasteiger partial charge in [-0.15, -0.1) is 0 Å². The quantitative estimate of drug-likeness (QED) is 0.474. The van der Waals surface area contributed by atoms with E-state index in [0.717, 1.165) is 0 Å². The van der Waals surface area contributed by atoms with Crippen LogP contribution >= 0.6 is 0 Å². The number of ketones is 1. The summed E-state index contributed by atoms with van der Waals surface area (Å²) in [4.78, 5) is 26.2. The molecule has 1 aromatic heterocycles. The minimum absolute atomic E-state index is 0.133. The number of Topliss-reactive ketones (excluding diaryl/α,β-unsaturated/α-hetero) is 1. The minimum Gasteiger partial charge on any atom is -0.379 e. The smallest absolute Gasteiger partial charge is 0.293 e. The molecule has 0 bridgehead atoms. The van der Waals surface area contributed by atoms with Gasteiger partial charge in [0, 0.05) is 30.5 Å². The van der Waals surface area contributed by atoms with Crippen molar-refractivity contribution < 1.29 is 14.2 Å². The van der Waals surface area contributed by atoms with Gasteiger partial charge in [0.2, 0.25) is 5.89 Å². The zero-order valence-corrected chi connectivity index (χ0v) is 13.2. The summed E-state index contributed by atoms with van der Waals surface area (Å²) in [5.41, 5.74) is 0.524. The van der Waals surface area contributed by atoms with Gasteiger partial charge in [-0.25, -0.2) is 0 Å². The summed E-state index contributed by atoms with van der Waals surface area (Å²) in [6.45, 7) is 5.70. The molecule has 0 spiro atoms. The maximum absolute atomic E-state index is 11.3. The van der Waals surface area contributed by atoms with Crippen LogP contribution in [0.25, 0.3) is 0 Å². The Hall–Kier alpha value is -2.77. The van der Waals surface area contributed by atoms with Gasteiger partial charge >= 0.3 is 0 Å². The lowest BCUT2D eigenvalue weighted by Gasteiger charge is -2.06. The Kier molecular flexibility index (Phi) is 5.05. The molecular formula is C15H18N4O4. The summed E-state index contributed by atoms with van der Waals surface area (Å²) in [6.07, 6.45) is 0.450. The van der Waals surface area contributed by atoms with Gasteiger partial charge in [-0.2, -0.15) is 4.98 Å². The third-order valence-electron chi connectivity index (χ3n) is 3.26. The van der Waals surface area contributed by atoms with Crippen LogP contribution in [0, 0.1) is 10.1 Å². The Bertz CT molecular complexity index is 724. The van der Waals surface area contributed by atoms with Crippen LogP contribution in [0.15, 0.2) is 22.7 Å². The molecule has 2 rings (SSSR count). The van der Waals surface area contributed by atoms with Crippen LogP contribution in [0.5, 0.6) is 0 Å². The van der Waals surface area contributed by atoms with E-state index in [9.17, 15) is 14.9 Å². The number of benzene rings is 1. The average Bonchev–Trinajstić information content (AvgIpc) is 2.96. The number of nitrogens with zero attached hydrogens (tertiary/aromatic N) is 3. The maximum Gasteiger partial charge on any atom is 0.293 e. The Morgan fingerprint density at radius 1 is 1.43 bits per heavy atom. The number of anilines is 1. The molecule has 0 fully saturated rings. The molecule has 0 aliphatic heterocycles. The number of nitro benzene ring substituents is 1. The molecule has 0 aliphatic carbocycles. The SMILES string of the molecule is CC(=O)c1ccc(NCCc2nc(C(C)C)no2)c([N+](=O)[O-])c1. The van der Waals surface area contributed by atoms with Gasteiger partial charge in [0.15, 0.2) is 11.6 Å². The van der Waals surface area contributed by atoms with Gasteiger partial charge in [-0.3, -0.25) is 14.9 Å². The second kappa shape index (κ2) is 6.99. The Labute approximate surface area is 133 Å². The van der Waals surface area contributed by atoms with Crippen molar-refractivity contribution >= 4 is 17.2 Å². The van der Waals surface area contributed by atoms with Crippen molar-refractivity contribution in [3.63, 3.8) is 0 Å². The zero-order chi connectivity index (χ0) is 17.0. The van der Waals surface area contributed by atoms with Crippen molar-refractivity contribution in [3.05, 3.63) is 45.6 Å². The van der Waals surface area contributed by atoms with Gasteiger partial charge in [0.05, 0.1) is 4.92 Å². The van der Waals surface area contributed by atoms with Crippen molar-refractivity contribution in [2.75, 3.05) is 11.9 Å². The number of carbonyl (C=O) groups is 1. The topological polar surface area (TPSA) is 111 Å². The molecule has 0 atom stereocenters. The molecule has 0 amide bonds. The summed E-state index contributed by atoms with van der Waals surface area (Å²) < 4.78 is 5.11. The highest BCUT2D eigenvalue weighted by Gasteiger charge is 2.16. The fourth-order valence-corrected chi connectivity index (χ4v) is 1.96. The van der Waals surface area contributed by atoms with E-state index < -0.39 is 4.92 Å². The first-order valence-corrected chi connectivity index (χ1v) is 7.24. The molecule has 0 saturated carbocycles. The lowest BCUT2D eigenvalue weighted by Crippen LogP contribution is -2.08. The molecule has 0 radical (unpaired) electrons. The molecule has 0 saturated heterocycles. The fraction of sp³-hybridized carbons (Fsp3) is 0.400. The van der Waals surface area contributed by atoms with Crippen molar-refractivity contribution in [1.29, 1.82) is 0 Å². The first-order chi connectivity index (χ1) is 10.9. The molecular weight excluding hydrogens is 300 g/mol. The predicted octanol–water partition coefficient (Wildman–Crippen LogP) is 2.96. The minimum atomic E-state index is -0.516. The Balaban J connectivity index is 2.04. The van der Waals surface area contributed by atoms with E-state index in [1.807, 2.05) is 13.8 Å². The van der Waals surface area contributed by atoms with E-state index in [4.69, 9.17) is 4.52 Å². The highest BCUT2D eigenvalue weighted by molar-refractivity contribution is 5.95. The van der Waals surface area contributed by atoms with Crippen LogP contribution in [0.1, 0.15) is 48.8 Å².